The monoisotopic (exact) mass is 1310 g/mol. The zero-order chi connectivity index (χ0) is 64.3. The van der Waals surface area contributed by atoms with Gasteiger partial charge in [0.15, 0.2) is 28.4 Å². The van der Waals surface area contributed by atoms with Gasteiger partial charge in [0.25, 0.3) is 21.9 Å². The average molecular weight is 1310 g/mol. The molecule has 19 nitrogen and oxygen atoms in total. The van der Waals surface area contributed by atoms with Crippen LogP contribution in [0.25, 0.3) is 0 Å². The molecule has 1 fully saturated rings. The first-order chi connectivity index (χ1) is 44.0. The molecule has 0 aromatic heterocycles. The molecular weight excluding hydrogens is 1220 g/mol. The van der Waals surface area contributed by atoms with E-state index < -0.39 is 27.4 Å². The molecule has 492 valence electrons. The first kappa shape index (κ1) is 67.5. The highest BCUT2D eigenvalue weighted by atomic mass is 33.1. The van der Waals surface area contributed by atoms with Crippen molar-refractivity contribution in [1.82, 2.24) is 5.32 Å². The minimum atomic E-state index is -4.75. The van der Waals surface area contributed by atoms with Crippen LogP contribution in [0.1, 0.15) is 135 Å². The van der Waals surface area contributed by atoms with Crippen molar-refractivity contribution in [1.29, 1.82) is 0 Å². The highest BCUT2D eigenvalue weighted by molar-refractivity contribution is 8.77. The second-order valence-electron chi connectivity index (χ2n) is 24.9. The van der Waals surface area contributed by atoms with Crippen LogP contribution in [0.15, 0.2) is 91.0 Å². The molecule has 4 aliphatic heterocycles. The lowest BCUT2D eigenvalue weighted by atomic mass is 9.75. The fourth-order valence-corrected chi connectivity index (χ4v) is 17.2. The Morgan fingerprint density at radius 3 is 1.93 bits per heavy atom. The van der Waals surface area contributed by atoms with Gasteiger partial charge in [-0.1, -0.05) is 97.5 Å². The molecule has 5 aromatic rings. The summed E-state index contributed by atoms with van der Waals surface area (Å²) < 4.78 is 79.1. The number of carbonyl (C=O) groups excluding carboxylic acids is 3. The lowest BCUT2D eigenvalue weighted by Gasteiger charge is -2.40. The Morgan fingerprint density at radius 2 is 1.31 bits per heavy atom. The summed E-state index contributed by atoms with van der Waals surface area (Å²) >= 11 is 0. The molecule has 4 N–H and O–H groups in total. The Balaban J connectivity index is 0.919. The zero-order valence-corrected chi connectivity index (χ0v) is 56.1. The normalized spacial score (nSPS) is 18.0. The maximum Gasteiger partial charge on any atom is 0.288 e. The van der Waals surface area contributed by atoms with Crippen molar-refractivity contribution in [3.8, 4) is 23.0 Å². The number of hydrogen-bond acceptors (Lipinski definition) is 17. The van der Waals surface area contributed by atoms with Gasteiger partial charge in [0.05, 0.1) is 81.8 Å². The second-order valence-corrected chi connectivity index (χ2v) is 29.5. The largest absolute Gasteiger partial charge is 0.493 e. The Morgan fingerprint density at radius 1 is 0.725 bits per heavy atom. The fraction of sp³-hybridized carbons (Fsp3) is 0.522. The van der Waals surface area contributed by atoms with Gasteiger partial charge in [-0.25, -0.2) is 0 Å². The third-order valence-electron chi connectivity index (χ3n) is 18.4. The number of nitrogens with zero attached hydrogens (tertiary/aromatic N) is 3. The van der Waals surface area contributed by atoms with Gasteiger partial charge in [-0.15, -0.1) is 0 Å². The molecule has 4 heterocycles. The van der Waals surface area contributed by atoms with E-state index in [-0.39, 0.29) is 70.5 Å². The minimum Gasteiger partial charge on any atom is -0.493 e. The molecule has 3 unspecified atom stereocenters. The molecule has 91 heavy (non-hydrogen) atoms. The third-order valence-corrected chi connectivity index (χ3v) is 22.8. The van der Waals surface area contributed by atoms with E-state index in [0.717, 1.165) is 65.1 Å². The van der Waals surface area contributed by atoms with Crippen LogP contribution in [-0.2, 0) is 55.2 Å². The summed E-state index contributed by atoms with van der Waals surface area (Å²) in [4.78, 5) is 48.2. The van der Waals surface area contributed by atoms with Crippen LogP contribution >= 0.6 is 21.6 Å². The lowest BCUT2D eigenvalue weighted by molar-refractivity contribution is -0.124. The molecule has 0 bridgehead atoms. The number of fused-ring (bicyclic) bond motifs is 8. The van der Waals surface area contributed by atoms with E-state index in [0.29, 0.717) is 93.4 Å². The van der Waals surface area contributed by atoms with Crippen molar-refractivity contribution in [2.24, 2.45) is 5.92 Å². The van der Waals surface area contributed by atoms with E-state index in [2.05, 4.69) is 66.7 Å². The first-order valence-corrected chi connectivity index (χ1v) is 35.9. The molecule has 5 aliphatic rings. The number of amides is 3. The van der Waals surface area contributed by atoms with Gasteiger partial charge < -0.3 is 63.8 Å². The molecule has 22 heteroatoms. The number of anilines is 5. The quantitative estimate of drug-likeness (QED) is 0.0140. The third kappa shape index (κ3) is 16.0. The van der Waals surface area contributed by atoms with Crippen molar-refractivity contribution in [2.75, 3.05) is 105 Å². The van der Waals surface area contributed by atoms with Gasteiger partial charge >= 0.3 is 0 Å². The van der Waals surface area contributed by atoms with Crippen LogP contribution in [0, 0.1) is 5.92 Å². The van der Waals surface area contributed by atoms with Gasteiger partial charge in [-0.05, 0) is 129 Å². The van der Waals surface area contributed by atoms with Crippen LogP contribution in [-0.4, -0.2) is 138 Å². The lowest BCUT2D eigenvalue weighted by Crippen LogP contribution is -2.53. The van der Waals surface area contributed by atoms with Crippen molar-refractivity contribution >= 4 is 77.9 Å². The molecule has 3 atom stereocenters. The van der Waals surface area contributed by atoms with Gasteiger partial charge in [0, 0.05) is 78.4 Å². The summed E-state index contributed by atoms with van der Waals surface area (Å²) in [6, 6.07) is 27.1. The van der Waals surface area contributed by atoms with Crippen LogP contribution < -0.4 is 49.6 Å². The summed E-state index contributed by atoms with van der Waals surface area (Å²) in [5, 5.41) is 8.56. The molecule has 1 aliphatic carbocycles. The summed E-state index contributed by atoms with van der Waals surface area (Å²) in [6.07, 6.45) is 11.4. The van der Waals surface area contributed by atoms with Gasteiger partial charge in [-0.3, -0.25) is 18.9 Å². The molecule has 0 spiro atoms. The molecule has 0 saturated heterocycles. The van der Waals surface area contributed by atoms with Crippen LogP contribution in [0.5, 0.6) is 23.0 Å². The summed E-state index contributed by atoms with van der Waals surface area (Å²) in [5.41, 5.74) is 7.08. The van der Waals surface area contributed by atoms with Crippen LogP contribution in [0.4, 0.5) is 28.4 Å². The van der Waals surface area contributed by atoms with Crippen molar-refractivity contribution in [2.45, 2.75) is 146 Å². The minimum absolute atomic E-state index is 0.00814. The predicted octanol–water partition coefficient (Wildman–Crippen LogP) is 12.1. The Kier molecular flexibility index (Phi) is 22.7. The topological polar surface area (TPSA) is 216 Å². The summed E-state index contributed by atoms with van der Waals surface area (Å²) in [6.45, 7) is 12.7. The molecule has 1 saturated carbocycles. The van der Waals surface area contributed by atoms with E-state index in [9.17, 15) is 27.4 Å². The van der Waals surface area contributed by atoms with Gasteiger partial charge in [-0.2, -0.15) is 8.42 Å². The van der Waals surface area contributed by atoms with Gasteiger partial charge in [0.2, 0.25) is 5.91 Å². The maximum atomic E-state index is 14.6. The standard InChI is InChI=1S/C69H90N6O13S3/c1-8-69(9-2,50-21-12-10-11-13-22-50)72-64(76)25-18-32-89-90-68(3,4)45-73(26-27-85-30-31-86-29-28-82-5)51-34-46(43-87-62-40-55-53(38-60(62)83-6)66(77)74-52(42-70-55)36-48-19-14-16-23-57(48)74)33-47(35-51)44-88-63-41-56-54(39-61(63)84-7)67(78)75-58-24-17-15-20-49(58)37-59(75)65(71-56)91(79,80)81/h14-17,19-20,23-24,33-35,38-41,50,52,59,65,70-71H,8-13,18,21-22,25-32,36-37,42-45H2,1-7H3,(H,72,76)(H,79,80,81). The fourth-order valence-electron chi connectivity index (χ4n) is 13.7. The first-order valence-electron chi connectivity index (χ1n) is 32.1. The second kappa shape index (κ2) is 30.6. The number of para-hydroxylation sites is 2. The van der Waals surface area contributed by atoms with Crippen molar-refractivity contribution in [3.63, 3.8) is 0 Å². The van der Waals surface area contributed by atoms with Crippen LogP contribution in [0.3, 0.4) is 0 Å². The smallest absolute Gasteiger partial charge is 0.288 e. The molecule has 10 rings (SSSR count). The summed E-state index contributed by atoms with van der Waals surface area (Å²) in [7, 11) is 3.49. The molecule has 5 aromatic carbocycles. The highest BCUT2D eigenvalue weighted by Crippen LogP contribution is 2.46. The predicted molar refractivity (Wildman–Crippen MR) is 362 cm³/mol. The Bertz CT molecular complexity index is 3470. The molecule has 0 radical (unpaired) electrons. The van der Waals surface area contributed by atoms with Crippen LogP contribution in [0.2, 0.25) is 0 Å². The number of benzene rings is 5. The highest BCUT2D eigenvalue weighted by Gasteiger charge is 2.48. The molecular formula is C69H90N6O13S3. The number of carbonyl (C=O) groups is 3. The van der Waals surface area contributed by atoms with Crippen molar-refractivity contribution in [3.05, 3.63) is 124 Å². The number of nitrogens with one attached hydrogen (secondary N) is 3. The van der Waals surface area contributed by atoms with E-state index >= 15 is 0 Å². The van der Waals surface area contributed by atoms with E-state index in [4.69, 9.17) is 33.2 Å². The maximum absolute atomic E-state index is 14.6. The van der Waals surface area contributed by atoms with E-state index in [1.165, 1.54) is 56.6 Å². The van der Waals surface area contributed by atoms with E-state index in [1.54, 1.807) is 60.1 Å². The zero-order valence-electron chi connectivity index (χ0n) is 53.6. The SMILES string of the molecule is CCC(CC)(NC(=O)CCCSSC(C)(C)CN(CCOCCOCCOC)c1cc(COc2cc3c(cc2OC)C(=O)N2c4ccccc4CC2CN3)cc(COc2cc3c(cc2OC)C(=O)N2c4ccccc4CC2C(S(=O)(=O)O)N3)c1)C1CCCCCC1. The average Bonchev–Trinajstić information content (AvgIpc) is 1.61. The van der Waals surface area contributed by atoms with Gasteiger partial charge in [0.1, 0.15) is 13.2 Å². The Hall–Kier alpha value is -6.40. The molecule has 3 amide bonds. The van der Waals surface area contributed by atoms with Crippen molar-refractivity contribution < 1.29 is 60.5 Å². The number of rotatable bonds is 31. The van der Waals surface area contributed by atoms with E-state index in [1.807, 2.05) is 47.4 Å². The number of ether oxygens (including phenoxy) is 7. The Labute approximate surface area is 544 Å². The summed E-state index contributed by atoms with van der Waals surface area (Å²) in [5.74, 6) is 2.19. The number of hydrogen-bond donors (Lipinski definition) is 4. The number of methoxy groups -OCH3 is 3.